The summed E-state index contributed by atoms with van der Waals surface area (Å²) in [7, 11) is 0. The minimum absolute atomic E-state index is 0.888. The minimum atomic E-state index is 0.888. The predicted octanol–water partition coefficient (Wildman–Crippen LogP) is 5.42. The molecule has 0 aliphatic heterocycles. The first-order valence-electron chi connectivity index (χ1n) is 8.66. The van der Waals surface area contributed by atoms with E-state index in [-0.39, 0.29) is 0 Å². The van der Waals surface area contributed by atoms with Gasteiger partial charge in [0.15, 0.2) is 0 Å². The van der Waals surface area contributed by atoms with Gasteiger partial charge in [-0.1, -0.05) is 23.5 Å². The van der Waals surface area contributed by atoms with Gasteiger partial charge in [0.05, 0.1) is 6.07 Å². The molecule has 5 heteroatoms. The summed E-state index contributed by atoms with van der Waals surface area (Å²) in [6, 6.07) is 23.5. The van der Waals surface area contributed by atoms with Crippen LogP contribution in [0.5, 0.6) is 0 Å². The molecule has 27 heavy (non-hydrogen) atoms. The van der Waals surface area contributed by atoms with Crippen LogP contribution in [0.15, 0.2) is 88.4 Å². The minimum Gasteiger partial charge on any atom is -0.403 e. The summed E-state index contributed by atoms with van der Waals surface area (Å²) < 4.78 is 12.7. The third-order valence-corrected chi connectivity index (χ3v) is 6.70. The van der Waals surface area contributed by atoms with Gasteiger partial charge in [-0.15, -0.1) is 20.5 Å². The molecule has 128 valence electrons. The van der Waals surface area contributed by atoms with Gasteiger partial charge in [0, 0.05) is 29.0 Å². The van der Waals surface area contributed by atoms with Crippen molar-refractivity contribution in [3.63, 3.8) is 0 Å². The van der Waals surface area contributed by atoms with E-state index in [1.807, 2.05) is 18.2 Å². The first kappa shape index (κ1) is 15.1. The molecule has 0 amide bonds. The van der Waals surface area contributed by atoms with Crippen LogP contribution in [0.2, 0.25) is 0 Å². The molecule has 0 unspecified atom stereocenters. The van der Waals surface area contributed by atoms with Gasteiger partial charge in [0.2, 0.25) is 28.0 Å². The lowest BCUT2D eigenvalue weighted by atomic mass is 10.2. The lowest BCUT2D eigenvalue weighted by molar-refractivity contribution is -0.575. The van der Waals surface area contributed by atoms with Crippen molar-refractivity contribution in [2.75, 3.05) is 0 Å². The van der Waals surface area contributed by atoms with Crippen LogP contribution >= 0.6 is 22.7 Å². The van der Waals surface area contributed by atoms with E-state index in [4.69, 9.17) is 4.42 Å². The van der Waals surface area contributed by atoms with Crippen LogP contribution in [-0.4, -0.2) is 0 Å². The van der Waals surface area contributed by atoms with Crippen LogP contribution in [0.25, 0.3) is 42.8 Å². The topological polar surface area (TPSA) is 20.9 Å². The van der Waals surface area contributed by atoms with E-state index in [2.05, 4.69) is 68.6 Å². The van der Waals surface area contributed by atoms with E-state index in [9.17, 15) is 0 Å². The summed E-state index contributed by atoms with van der Waals surface area (Å²) >= 11 is 3.54. The summed E-state index contributed by atoms with van der Waals surface area (Å²) in [6.07, 6.45) is 1.78. The van der Waals surface area contributed by atoms with Crippen LogP contribution in [0.3, 0.4) is 0 Å². The van der Waals surface area contributed by atoms with Gasteiger partial charge in [-0.05, 0) is 35.0 Å². The molecule has 0 bridgehead atoms. The van der Waals surface area contributed by atoms with Crippen molar-refractivity contribution in [1.29, 1.82) is 0 Å². The van der Waals surface area contributed by atoms with Gasteiger partial charge >= 0.3 is 6.39 Å². The van der Waals surface area contributed by atoms with Crippen molar-refractivity contribution < 1.29 is 13.6 Å². The Morgan fingerprint density at radius 1 is 0.704 bits per heavy atom. The van der Waals surface area contributed by atoms with Crippen LogP contribution in [0, 0.1) is 0 Å². The molecular formula is C22H14N2OS2+2. The molecule has 6 aromatic rings. The molecule has 0 radical (unpaired) electrons. The number of hydrogen-bond acceptors (Lipinski definition) is 3. The van der Waals surface area contributed by atoms with Gasteiger partial charge < -0.3 is 4.42 Å². The van der Waals surface area contributed by atoms with Gasteiger partial charge in [-0.25, -0.2) is 0 Å². The standard InChI is InChI=1S/C22H14N2OS2/c1-2-4-20-18(3-1)23(13-25-20)17-6-8-22-19(12-17)24(14-27-22)16-5-7-21-15(11-16)9-10-26-21/h1-14H/q+2. The Balaban J connectivity index is 1.56. The SMILES string of the molecule is c1ccc2c(c1)oc[n+]2-c1ccc2sc[n+](-c3ccc4sccc4c3)c2c1. The number of aromatic nitrogens is 2. The Kier molecular flexibility index (Phi) is 3.21. The Bertz CT molecular complexity index is 1440. The maximum Gasteiger partial charge on any atom is 0.341 e. The lowest BCUT2D eigenvalue weighted by Crippen LogP contribution is -2.31. The van der Waals surface area contributed by atoms with E-state index in [1.165, 1.54) is 26.0 Å². The van der Waals surface area contributed by atoms with E-state index >= 15 is 0 Å². The predicted molar refractivity (Wildman–Crippen MR) is 110 cm³/mol. The third kappa shape index (κ3) is 2.32. The summed E-state index contributed by atoms with van der Waals surface area (Å²) in [6.45, 7) is 0. The maximum atomic E-state index is 5.71. The number of oxazole rings is 1. The molecule has 0 saturated heterocycles. The molecule has 0 aliphatic carbocycles. The Labute approximate surface area is 163 Å². The molecule has 0 N–H and O–H groups in total. The van der Waals surface area contributed by atoms with E-state index in [0.717, 1.165) is 16.8 Å². The second-order valence-electron chi connectivity index (χ2n) is 6.45. The number of thiophene rings is 1. The fraction of sp³-hybridized carbons (Fsp3) is 0. The molecule has 0 saturated carbocycles. The van der Waals surface area contributed by atoms with Gasteiger partial charge in [-0.2, -0.15) is 0 Å². The van der Waals surface area contributed by atoms with Gasteiger partial charge in [0.1, 0.15) is 4.70 Å². The zero-order valence-corrected chi connectivity index (χ0v) is 15.8. The fourth-order valence-electron chi connectivity index (χ4n) is 3.54. The Morgan fingerprint density at radius 3 is 2.52 bits per heavy atom. The molecule has 3 heterocycles. The summed E-state index contributed by atoms with van der Waals surface area (Å²) in [5.41, 5.74) is 7.62. The number of para-hydroxylation sites is 2. The highest BCUT2D eigenvalue weighted by Crippen LogP contribution is 2.25. The number of thiazole rings is 1. The van der Waals surface area contributed by atoms with Crippen molar-refractivity contribution in [1.82, 2.24) is 0 Å². The molecule has 3 aromatic heterocycles. The van der Waals surface area contributed by atoms with Crippen molar-refractivity contribution in [3.05, 3.63) is 84.0 Å². The number of rotatable bonds is 2. The average Bonchev–Trinajstić information content (AvgIpc) is 3.44. The third-order valence-electron chi connectivity index (χ3n) is 4.89. The molecule has 0 fully saturated rings. The molecule has 3 nitrogen and oxygen atoms in total. The van der Waals surface area contributed by atoms with E-state index < -0.39 is 0 Å². The van der Waals surface area contributed by atoms with Crippen LogP contribution in [0.4, 0.5) is 0 Å². The van der Waals surface area contributed by atoms with E-state index in [1.54, 1.807) is 29.1 Å². The van der Waals surface area contributed by atoms with Gasteiger partial charge in [-0.3, -0.25) is 0 Å². The summed E-state index contributed by atoms with van der Waals surface area (Å²) in [5.74, 6) is 0. The van der Waals surface area contributed by atoms with Crippen LogP contribution < -0.4 is 9.13 Å². The molecule has 6 rings (SSSR count). The van der Waals surface area contributed by atoms with Gasteiger partial charge in [0.25, 0.3) is 5.52 Å². The molecule has 0 aliphatic rings. The van der Waals surface area contributed by atoms with E-state index in [0.29, 0.717) is 0 Å². The summed E-state index contributed by atoms with van der Waals surface area (Å²) in [4.78, 5) is 0. The zero-order valence-electron chi connectivity index (χ0n) is 14.2. The highest BCUT2D eigenvalue weighted by molar-refractivity contribution is 7.17. The molecule has 0 atom stereocenters. The molecular weight excluding hydrogens is 372 g/mol. The molecule has 3 aromatic carbocycles. The number of nitrogens with zero attached hydrogens (tertiary/aromatic N) is 2. The van der Waals surface area contributed by atoms with Crippen LogP contribution in [0.1, 0.15) is 0 Å². The Morgan fingerprint density at radius 2 is 1.56 bits per heavy atom. The maximum absolute atomic E-state index is 5.71. The van der Waals surface area contributed by atoms with Crippen LogP contribution in [-0.2, 0) is 0 Å². The number of benzene rings is 3. The normalized spacial score (nSPS) is 11.7. The fourth-order valence-corrected chi connectivity index (χ4v) is 5.19. The number of fused-ring (bicyclic) bond motifs is 3. The Hall–Kier alpha value is -3.02. The largest absolute Gasteiger partial charge is 0.403 e. The highest BCUT2D eigenvalue weighted by Gasteiger charge is 2.21. The highest BCUT2D eigenvalue weighted by atomic mass is 32.1. The quantitative estimate of drug-likeness (QED) is 0.364. The lowest BCUT2D eigenvalue weighted by Gasteiger charge is -1.96. The van der Waals surface area contributed by atoms with Crippen molar-refractivity contribution >= 4 is 54.1 Å². The monoisotopic (exact) mass is 386 g/mol. The second kappa shape index (κ2) is 5.74. The number of hydrogen-bond donors (Lipinski definition) is 0. The second-order valence-corrected chi connectivity index (χ2v) is 8.28. The smallest absolute Gasteiger partial charge is 0.341 e. The first-order valence-corrected chi connectivity index (χ1v) is 10.4. The van der Waals surface area contributed by atoms with Crippen molar-refractivity contribution in [2.24, 2.45) is 0 Å². The molecule has 0 spiro atoms. The van der Waals surface area contributed by atoms with Crippen molar-refractivity contribution in [2.45, 2.75) is 0 Å². The first-order chi connectivity index (χ1) is 13.4. The average molecular weight is 387 g/mol. The zero-order chi connectivity index (χ0) is 17.8. The summed E-state index contributed by atoms with van der Waals surface area (Å²) in [5, 5.41) is 3.43. The van der Waals surface area contributed by atoms with Crippen molar-refractivity contribution in [3.8, 4) is 11.4 Å².